The number of aliphatic hydroxyl groups is 1. The predicted molar refractivity (Wildman–Crippen MR) is 128 cm³/mol. The molecule has 2 fully saturated rings. The van der Waals surface area contributed by atoms with Crippen LogP contribution in [0.3, 0.4) is 0 Å². The lowest BCUT2D eigenvalue weighted by molar-refractivity contribution is -0.132. The van der Waals surface area contributed by atoms with E-state index in [0.29, 0.717) is 49.9 Å². The number of nitrogens with zero attached hydrogens (tertiary/aromatic N) is 2. The second-order valence-electron chi connectivity index (χ2n) is 10.3. The number of carbonyl (C=O) groups is 2. The molecule has 4 aliphatic rings. The standard InChI is InChI=1S/C27H40N2O4/c30-21-27-13-5-6-16-28(25(31)12-11-22-7-1-2-8-22)19-20-33-24-10-4-3-9-23(24)26(32)29(17-14-27)18-15-27/h3-4,9-10,22,30H,1-2,5-8,11-21H2. The predicted octanol–water partition coefficient (Wildman–Crippen LogP) is 4.26. The van der Waals surface area contributed by atoms with Gasteiger partial charge in [0, 0.05) is 32.7 Å². The van der Waals surface area contributed by atoms with Gasteiger partial charge in [0.1, 0.15) is 12.4 Å². The molecule has 0 unspecified atom stereocenters. The molecular weight excluding hydrogens is 416 g/mol. The fourth-order valence-corrected chi connectivity index (χ4v) is 5.83. The highest BCUT2D eigenvalue weighted by molar-refractivity contribution is 5.97. The third kappa shape index (κ3) is 6.08. The smallest absolute Gasteiger partial charge is 0.257 e. The van der Waals surface area contributed by atoms with Gasteiger partial charge in [-0.05, 0) is 55.6 Å². The molecule has 1 N–H and O–H groups in total. The first-order valence-corrected chi connectivity index (χ1v) is 13.0. The Morgan fingerprint density at radius 2 is 1.76 bits per heavy atom. The van der Waals surface area contributed by atoms with Crippen molar-refractivity contribution in [1.29, 1.82) is 0 Å². The molecule has 0 atom stereocenters. The van der Waals surface area contributed by atoms with Crippen LogP contribution >= 0.6 is 0 Å². The average molecular weight is 457 g/mol. The van der Waals surface area contributed by atoms with Crippen LogP contribution in [0.25, 0.3) is 0 Å². The summed E-state index contributed by atoms with van der Waals surface area (Å²) in [5, 5.41) is 10.2. The topological polar surface area (TPSA) is 70.1 Å². The van der Waals surface area contributed by atoms with Gasteiger partial charge in [-0.25, -0.2) is 0 Å². The highest BCUT2D eigenvalue weighted by Crippen LogP contribution is 2.37. The first-order chi connectivity index (χ1) is 16.1. The van der Waals surface area contributed by atoms with Gasteiger partial charge < -0.3 is 19.6 Å². The van der Waals surface area contributed by atoms with E-state index in [9.17, 15) is 14.7 Å². The Labute approximate surface area is 198 Å². The molecule has 1 saturated carbocycles. The number of hydrogen-bond acceptors (Lipinski definition) is 4. The van der Waals surface area contributed by atoms with Crippen LogP contribution in [0.5, 0.6) is 5.75 Å². The lowest BCUT2D eigenvalue weighted by Crippen LogP contribution is -2.44. The zero-order valence-electron chi connectivity index (χ0n) is 20.0. The molecule has 1 aromatic carbocycles. The SMILES string of the molecule is O=C(CCC1CCCC1)N1CCCCC2(CO)CCN(CC2)C(=O)c2ccccc2OCC1. The van der Waals surface area contributed by atoms with Crippen LogP contribution in [0, 0.1) is 11.3 Å². The Morgan fingerprint density at radius 3 is 2.52 bits per heavy atom. The lowest BCUT2D eigenvalue weighted by atomic mass is 9.75. The highest BCUT2D eigenvalue weighted by atomic mass is 16.5. The van der Waals surface area contributed by atoms with Gasteiger partial charge in [0.15, 0.2) is 0 Å². The second kappa shape index (κ2) is 11.4. The maximum Gasteiger partial charge on any atom is 0.257 e. The maximum atomic E-state index is 13.2. The number of para-hydroxylation sites is 1. The van der Waals surface area contributed by atoms with Crippen LogP contribution in [0.2, 0.25) is 0 Å². The third-order valence-electron chi connectivity index (χ3n) is 8.16. The summed E-state index contributed by atoms with van der Waals surface area (Å²) in [6.45, 7) is 3.17. The van der Waals surface area contributed by atoms with Gasteiger partial charge in [0.2, 0.25) is 5.91 Å². The zero-order chi connectivity index (χ0) is 23.1. The molecule has 182 valence electrons. The van der Waals surface area contributed by atoms with Crippen molar-refractivity contribution in [2.45, 2.75) is 70.6 Å². The Kier molecular flexibility index (Phi) is 8.29. The minimum absolute atomic E-state index is 0.00323. The van der Waals surface area contributed by atoms with Gasteiger partial charge in [0.05, 0.1) is 12.1 Å². The molecule has 1 aliphatic carbocycles. The minimum atomic E-state index is -0.107. The molecule has 0 radical (unpaired) electrons. The van der Waals surface area contributed by atoms with Crippen molar-refractivity contribution in [1.82, 2.24) is 9.80 Å². The lowest BCUT2D eigenvalue weighted by Gasteiger charge is -2.41. The van der Waals surface area contributed by atoms with Crippen LogP contribution in [0.4, 0.5) is 0 Å². The summed E-state index contributed by atoms with van der Waals surface area (Å²) >= 11 is 0. The number of amides is 2. The first-order valence-electron chi connectivity index (χ1n) is 13.0. The molecule has 5 rings (SSSR count). The van der Waals surface area contributed by atoms with Crippen molar-refractivity contribution in [3.63, 3.8) is 0 Å². The molecule has 1 saturated heterocycles. The molecular formula is C27H40N2O4. The molecule has 6 nitrogen and oxygen atoms in total. The van der Waals surface area contributed by atoms with Gasteiger partial charge in [-0.3, -0.25) is 9.59 Å². The van der Waals surface area contributed by atoms with Gasteiger partial charge in [-0.1, -0.05) is 44.2 Å². The van der Waals surface area contributed by atoms with Crippen LogP contribution in [0.15, 0.2) is 24.3 Å². The van der Waals surface area contributed by atoms with E-state index in [0.717, 1.165) is 45.1 Å². The normalized spacial score (nSPS) is 22.4. The second-order valence-corrected chi connectivity index (χ2v) is 10.3. The van der Waals surface area contributed by atoms with E-state index in [2.05, 4.69) is 0 Å². The molecule has 2 amide bonds. The molecule has 3 aliphatic heterocycles. The van der Waals surface area contributed by atoms with Gasteiger partial charge in [-0.2, -0.15) is 0 Å². The van der Waals surface area contributed by atoms with Crippen LogP contribution in [-0.2, 0) is 4.79 Å². The van der Waals surface area contributed by atoms with Crippen molar-refractivity contribution in [2.75, 3.05) is 39.4 Å². The van der Waals surface area contributed by atoms with E-state index < -0.39 is 0 Å². The van der Waals surface area contributed by atoms with Crippen LogP contribution in [0.1, 0.15) is 81.0 Å². The Bertz CT molecular complexity index is 797. The molecule has 33 heavy (non-hydrogen) atoms. The number of aliphatic hydroxyl groups excluding tert-OH is 1. The minimum Gasteiger partial charge on any atom is -0.491 e. The molecule has 2 bridgehead atoms. The van der Waals surface area contributed by atoms with Crippen molar-refractivity contribution >= 4 is 11.8 Å². The van der Waals surface area contributed by atoms with Crippen molar-refractivity contribution in [3.05, 3.63) is 29.8 Å². The van der Waals surface area contributed by atoms with E-state index in [1.54, 1.807) is 0 Å². The largest absolute Gasteiger partial charge is 0.491 e. The molecule has 6 heteroatoms. The summed E-state index contributed by atoms with van der Waals surface area (Å²) < 4.78 is 6.06. The summed E-state index contributed by atoms with van der Waals surface area (Å²) in [5.74, 6) is 1.52. The summed E-state index contributed by atoms with van der Waals surface area (Å²) in [5.41, 5.74) is 0.479. The van der Waals surface area contributed by atoms with Crippen LogP contribution < -0.4 is 4.74 Å². The third-order valence-corrected chi connectivity index (χ3v) is 8.16. The van der Waals surface area contributed by atoms with E-state index in [4.69, 9.17) is 4.74 Å². The molecule has 0 spiro atoms. The van der Waals surface area contributed by atoms with Gasteiger partial charge in [0.25, 0.3) is 5.91 Å². The van der Waals surface area contributed by atoms with E-state index in [1.807, 2.05) is 34.1 Å². The number of rotatable bonds is 4. The summed E-state index contributed by atoms with van der Waals surface area (Å²) in [6, 6.07) is 7.43. The number of fused-ring (bicyclic) bond motifs is 9. The monoisotopic (exact) mass is 456 g/mol. The Morgan fingerprint density at radius 1 is 1.00 bits per heavy atom. The number of piperidine rings is 1. The average Bonchev–Trinajstić information content (AvgIpc) is 3.37. The van der Waals surface area contributed by atoms with Crippen LogP contribution in [-0.4, -0.2) is 66.1 Å². The Balaban J connectivity index is 1.46. The van der Waals surface area contributed by atoms with Gasteiger partial charge >= 0.3 is 0 Å². The molecule has 0 aromatic heterocycles. The highest BCUT2D eigenvalue weighted by Gasteiger charge is 2.36. The number of hydrogen-bond donors (Lipinski definition) is 1. The van der Waals surface area contributed by atoms with Crippen molar-refractivity contribution in [2.24, 2.45) is 11.3 Å². The number of benzene rings is 1. The van der Waals surface area contributed by atoms with E-state index >= 15 is 0 Å². The van der Waals surface area contributed by atoms with Crippen molar-refractivity contribution < 1.29 is 19.4 Å². The fourth-order valence-electron chi connectivity index (χ4n) is 5.83. The fraction of sp³-hybridized carbons (Fsp3) is 0.704. The quantitative estimate of drug-likeness (QED) is 0.735. The molecule has 1 aromatic rings. The van der Waals surface area contributed by atoms with Crippen molar-refractivity contribution in [3.8, 4) is 5.75 Å². The number of carbonyl (C=O) groups excluding carboxylic acids is 2. The zero-order valence-corrected chi connectivity index (χ0v) is 20.0. The summed E-state index contributed by atoms with van der Waals surface area (Å²) in [7, 11) is 0. The molecule has 3 heterocycles. The van der Waals surface area contributed by atoms with E-state index in [1.165, 1.54) is 25.7 Å². The van der Waals surface area contributed by atoms with Gasteiger partial charge in [-0.15, -0.1) is 0 Å². The number of ether oxygens (including phenoxy) is 1. The maximum absolute atomic E-state index is 13.2. The first kappa shape index (κ1) is 24.1. The summed E-state index contributed by atoms with van der Waals surface area (Å²) in [6.07, 6.45) is 11.3. The van der Waals surface area contributed by atoms with E-state index in [-0.39, 0.29) is 23.8 Å². The summed E-state index contributed by atoms with van der Waals surface area (Å²) in [4.78, 5) is 30.1. The Hall–Kier alpha value is -2.08.